The summed E-state index contributed by atoms with van der Waals surface area (Å²) in [4.78, 5) is 12.5. The van der Waals surface area contributed by atoms with Gasteiger partial charge >= 0.3 is 0 Å². The summed E-state index contributed by atoms with van der Waals surface area (Å²) in [5.74, 6) is 0.100. The molecule has 3 aromatic rings. The van der Waals surface area contributed by atoms with Gasteiger partial charge in [0.25, 0.3) is 0 Å². The van der Waals surface area contributed by atoms with Crippen molar-refractivity contribution in [3.8, 4) is 0 Å². The first-order valence-electron chi connectivity index (χ1n) is 9.29. The molecular weight excluding hydrogens is 318 g/mol. The second-order valence-electron chi connectivity index (χ2n) is 7.22. The van der Waals surface area contributed by atoms with Crippen molar-refractivity contribution in [1.82, 2.24) is 5.32 Å². The molecule has 26 heavy (non-hydrogen) atoms. The largest absolute Gasteiger partial charge is 0.350 e. The van der Waals surface area contributed by atoms with E-state index in [-0.39, 0.29) is 11.9 Å². The van der Waals surface area contributed by atoms with Gasteiger partial charge in [0.05, 0.1) is 6.04 Å². The van der Waals surface area contributed by atoms with Gasteiger partial charge in [-0.3, -0.25) is 4.79 Å². The summed E-state index contributed by atoms with van der Waals surface area (Å²) in [6, 6.07) is 19.1. The predicted octanol–water partition coefficient (Wildman–Crippen LogP) is 5.58. The Morgan fingerprint density at radius 1 is 0.923 bits per heavy atom. The number of carbonyl (C=O) groups excluding carboxylic acids is 1. The Bertz CT molecular complexity index is 937. The molecule has 0 aromatic heterocycles. The lowest BCUT2D eigenvalue weighted by Gasteiger charge is -2.18. The Labute approximate surface area is 156 Å². The van der Waals surface area contributed by atoms with Crippen LogP contribution in [0.2, 0.25) is 0 Å². The molecule has 0 aliphatic carbocycles. The Balaban J connectivity index is 1.66. The SMILES string of the molecule is Cc1cc(C)c([C@@H](C)NC(=O)CCc2cccc3ccccc23)cc1C. The van der Waals surface area contributed by atoms with E-state index in [9.17, 15) is 4.79 Å². The number of rotatable bonds is 5. The highest BCUT2D eigenvalue weighted by Crippen LogP contribution is 2.22. The van der Waals surface area contributed by atoms with E-state index in [1.54, 1.807) is 0 Å². The Kier molecular flexibility index (Phi) is 5.41. The third-order valence-corrected chi connectivity index (χ3v) is 5.23. The van der Waals surface area contributed by atoms with Crippen LogP contribution < -0.4 is 5.32 Å². The van der Waals surface area contributed by atoms with Crippen molar-refractivity contribution >= 4 is 16.7 Å². The number of nitrogens with one attached hydrogen (secondary N) is 1. The Morgan fingerprint density at radius 2 is 1.62 bits per heavy atom. The smallest absolute Gasteiger partial charge is 0.220 e. The maximum atomic E-state index is 12.5. The number of amides is 1. The van der Waals surface area contributed by atoms with E-state index in [1.807, 2.05) is 6.07 Å². The molecule has 1 N–H and O–H groups in total. The van der Waals surface area contributed by atoms with Crippen LogP contribution in [0.25, 0.3) is 10.8 Å². The van der Waals surface area contributed by atoms with E-state index in [0.717, 1.165) is 6.42 Å². The molecule has 3 aromatic carbocycles. The van der Waals surface area contributed by atoms with Crippen molar-refractivity contribution in [1.29, 1.82) is 0 Å². The average Bonchev–Trinajstić information content (AvgIpc) is 2.62. The molecule has 0 spiro atoms. The lowest BCUT2D eigenvalue weighted by molar-refractivity contribution is -0.121. The van der Waals surface area contributed by atoms with E-state index in [1.165, 1.54) is 38.6 Å². The van der Waals surface area contributed by atoms with Crippen molar-refractivity contribution in [3.63, 3.8) is 0 Å². The first-order chi connectivity index (χ1) is 12.5. The molecule has 0 aliphatic heterocycles. The van der Waals surface area contributed by atoms with Crippen molar-refractivity contribution in [2.75, 3.05) is 0 Å². The number of fused-ring (bicyclic) bond motifs is 1. The van der Waals surface area contributed by atoms with Gasteiger partial charge in [-0.05, 0) is 72.7 Å². The lowest BCUT2D eigenvalue weighted by atomic mass is 9.96. The fourth-order valence-electron chi connectivity index (χ4n) is 3.60. The Morgan fingerprint density at radius 3 is 2.42 bits per heavy atom. The second kappa shape index (κ2) is 7.74. The van der Waals surface area contributed by atoms with Crippen LogP contribution in [0, 0.1) is 20.8 Å². The van der Waals surface area contributed by atoms with Crippen LogP contribution in [0.3, 0.4) is 0 Å². The molecule has 1 atom stereocenters. The van der Waals surface area contributed by atoms with Gasteiger partial charge in [-0.25, -0.2) is 0 Å². The van der Waals surface area contributed by atoms with Crippen LogP contribution in [0.4, 0.5) is 0 Å². The summed E-state index contributed by atoms with van der Waals surface area (Å²) >= 11 is 0. The third-order valence-electron chi connectivity index (χ3n) is 5.23. The zero-order chi connectivity index (χ0) is 18.7. The van der Waals surface area contributed by atoms with E-state index in [2.05, 4.69) is 81.5 Å². The highest BCUT2D eigenvalue weighted by atomic mass is 16.1. The number of aryl methyl sites for hydroxylation is 4. The standard InChI is InChI=1S/C24H27NO/c1-16-14-18(3)23(15-17(16)2)19(4)25-24(26)13-12-21-10-7-9-20-8-5-6-11-22(20)21/h5-11,14-15,19H,12-13H2,1-4H3,(H,25,26)/t19-/m1/s1. The topological polar surface area (TPSA) is 29.1 Å². The van der Waals surface area contributed by atoms with Crippen molar-refractivity contribution < 1.29 is 4.79 Å². The van der Waals surface area contributed by atoms with Gasteiger partial charge in [0.1, 0.15) is 0 Å². The number of hydrogen-bond acceptors (Lipinski definition) is 1. The van der Waals surface area contributed by atoms with E-state index in [0.29, 0.717) is 6.42 Å². The summed E-state index contributed by atoms with van der Waals surface area (Å²) in [6.07, 6.45) is 1.26. The molecule has 0 aliphatic rings. The number of hydrogen-bond donors (Lipinski definition) is 1. The number of carbonyl (C=O) groups is 1. The maximum absolute atomic E-state index is 12.5. The normalized spacial score (nSPS) is 12.2. The molecule has 2 nitrogen and oxygen atoms in total. The van der Waals surface area contributed by atoms with Gasteiger partial charge in [-0.1, -0.05) is 54.6 Å². The summed E-state index contributed by atoms with van der Waals surface area (Å²) in [5.41, 5.74) is 6.22. The molecule has 134 valence electrons. The Hall–Kier alpha value is -2.61. The molecule has 0 saturated carbocycles. The monoisotopic (exact) mass is 345 g/mol. The fourth-order valence-corrected chi connectivity index (χ4v) is 3.60. The highest BCUT2D eigenvalue weighted by molar-refractivity contribution is 5.86. The molecule has 0 bridgehead atoms. The van der Waals surface area contributed by atoms with E-state index in [4.69, 9.17) is 0 Å². The van der Waals surface area contributed by atoms with Gasteiger partial charge in [0, 0.05) is 6.42 Å². The highest BCUT2D eigenvalue weighted by Gasteiger charge is 2.13. The molecular formula is C24H27NO. The van der Waals surface area contributed by atoms with E-state index >= 15 is 0 Å². The zero-order valence-electron chi connectivity index (χ0n) is 16.1. The van der Waals surface area contributed by atoms with Crippen molar-refractivity contribution in [2.24, 2.45) is 0 Å². The summed E-state index contributed by atoms with van der Waals surface area (Å²) in [7, 11) is 0. The van der Waals surface area contributed by atoms with E-state index < -0.39 is 0 Å². The second-order valence-corrected chi connectivity index (χ2v) is 7.22. The zero-order valence-corrected chi connectivity index (χ0v) is 16.1. The van der Waals surface area contributed by atoms with Crippen molar-refractivity contribution in [2.45, 2.75) is 46.6 Å². The first kappa shape index (κ1) is 18.2. The maximum Gasteiger partial charge on any atom is 0.220 e. The van der Waals surface area contributed by atoms with Crippen LogP contribution in [-0.2, 0) is 11.2 Å². The molecule has 0 fully saturated rings. The molecule has 0 unspecified atom stereocenters. The molecule has 2 heteroatoms. The quantitative estimate of drug-likeness (QED) is 0.643. The molecule has 0 heterocycles. The molecule has 3 rings (SSSR count). The molecule has 0 radical (unpaired) electrons. The minimum absolute atomic E-state index is 0.0225. The van der Waals surface area contributed by atoms with Crippen molar-refractivity contribution in [3.05, 3.63) is 82.4 Å². The third kappa shape index (κ3) is 3.96. The van der Waals surface area contributed by atoms with Gasteiger partial charge in [0.2, 0.25) is 5.91 Å². The first-order valence-corrected chi connectivity index (χ1v) is 9.29. The van der Waals surface area contributed by atoms with Gasteiger partial charge in [-0.15, -0.1) is 0 Å². The molecule has 0 saturated heterocycles. The summed E-state index contributed by atoms with van der Waals surface area (Å²) < 4.78 is 0. The lowest BCUT2D eigenvalue weighted by Crippen LogP contribution is -2.27. The van der Waals surface area contributed by atoms with Crippen LogP contribution in [0.1, 0.15) is 47.2 Å². The molecule has 1 amide bonds. The summed E-state index contributed by atoms with van der Waals surface area (Å²) in [6.45, 7) is 8.42. The minimum Gasteiger partial charge on any atom is -0.350 e. The number of benzene rings is 3. The average molecular weight is 345 g/mol. The van der Waals surface area contributed by atoms with Crippen LogP contribution in [0.15, 0.2) is 54.6 Å². The van der Waals surface area contributed by atoms with Gasteiger partial charge in [0.15, 0.2) is 0 Å². The summed E-state index contributed by atoms with van der Waals surface area (Å²) in [5, 5.41) is 5.63. The van der Waals surface area contributed by atoms with Crippen LogP contribution >= 0.6 is 0 Å². The fraction of sp³-hybridized carbons (Fsp3) is 0.292. The minimum atomic E-state index is 0.0225. The predicted molar refractivity (Wildman–Crippen MR) is 109 cm³/mol. The van der Waals surface area contributed by atoms with Crippen LogP contribution in [0.5, 0.6) is 0 Å². The van der Waals surface area contributed by atoms with Crippen LogP contribution in [-0.4, -0.2) is 5.91 Å². The van der Waals surface area contributed by atoms with Gasteiger partial charge in [-0.2, -0.15) is 0 Å². The van der Waals surface area contributed by atoms with Gasteiger partial charge < -0.3 is 5.32 Å².